The molecule has 0 aliphatic heterocycles. The molecule has 2 rings (SSSR count). The zero-order valence-corrected chi connectivity index (χ0v) is 10.6. The highest BCUT2D eigenvalue weighted by molar-refractivity contribution is 7.17. The number of carbonyl (C=O) groups excluding carboxylic acids is 1. The van der Waals surface area contributed by atoms with E-state index < -0.39 is 17.6 Å². The summed E-state index contributed by atoms with van der Waals surface area (Å²) < 4.78 is 13.4. The van der Waals surface area contributed by atoms with Gasteiger partial charge in [0.1, 0.15) is 10.7 Å². The number of thiazole rings is 1. The molecular formula is C12H9FN2O3S. The predicted molar refractivity (Wildman–Crippen MR) is 68.8 cm³/mol. The van der Waals surface area contributed by atoms with E-state index in [1.54, 1.807) is 6.07 Å². The summed E-state index contributed by atoms with van der Waals surface area (Å²) >= 11 is 0.880. The summed E-state index contributed by atoms with van der Waals surface area (Å²) in [5.41, 5.74) is -0.153. The van der Waals surface area contributed by atoms with Crippen molar-refractivity contribution in [2.24, 2.45) is 0 Å². The number of nitrogens with one attached hydrogen (secondary N) is 1. The Hall–Kier alpha value is -2.28. The predicted octanol–water partition coefficient (Wildman–Crippen LogP) is 2.93. The summed E-state index contributed by atoms with van der Waals surface area (Å²) in [6.07, 6.45) is 0. The number of benzene rings is 1. The molecule has 0 amide bonds. The third-order valence-electron chi connectivity index (χ3n) is 2.26. The lowest BCUT2D eigenvalue weighted by Crippen LogP contribution is -2.03. The molecule has 5 nitrogen and oxygen atoms in total. The standard InChI is InChI=1S/C12H9FN2O3S/c1-6(16)10-9(11(17)18)15-12(19-10)14-8-5-3-2-4-7(8)13/h2-5H,1H3,(H,14,15)(H,17,18). The Morgan fingerprint density at radius 2 is 2.05 bits per heavy atom. The van der Waals surface area contributed by atoms with Crippen LogP contribution < -0.4 is 5.32 Å². The molecule has 19 heavy (non-hydrogen) atoms. The first-order valence-electron chi connectivity index (χ1n) is 5.25. The van der Waals surface area contributed by atoms with Gasteiger partial charge in [-0.25, -0.2) is 14.2 Å². The number of aromatic carboxylic acids is 1. The first-order chi connectivity index (χ1) is 8.99. The third kappa shape index (κ3) is 2.76. The molecule has 2 aromatic rings. The number of hydrogen-bond acceptors (Lipinski definition) is 5. The van der Waals surface area contributed by atoms with Gasteiger partial charge < -0.3 is 10.4 Å². The number of carboxylic acid groups (broad SMARTS) is 1. The van der Waals surface area contributed by atoms with Gasteiger partial charge in [0, 0.05) is 6.92 Å². The van der Waals surface area contributed by atoms with Crippen molar-refractivity contribution < 1.29 is 19.1 Å². The topological polar surface area (TPSA) is 79.3 Å². The van der Waals surface area contributed by atoms with Crippen LogP contribution in [0.3, 0.4) is 0 Å². The maximum Gasteiger partial charge on any atom is 0.356 e. The van der Waals surface area contributed by atoms with Crippen molar-refractivity contribution >= 4 is 33.9 Å². The van der Waals surface area contributed by atoms with Crippen LogP contribution in [0.2, 0.25) is 0 Å². The maximum atomic E-state index is 13.4. The fourth-order valence-electron chi connectivity index (χ4n) is 1.43. The minimum absolute atomic E-state index is 0.0336. The Labute approximate surface area is 111 Å². The zero-order chi connectivity index (χ0) is 14.0. The molecule has 0 saturated carbocycles. The van der Waals surface area contributed by atoms with E-state index in [-0.39, 0.29) is 21.4 Å². The molecule has 0 saturated heterocycles. The zero-order valence-electron chi connectivity index (χ0n) is 9.81. The van der Waals surface area contributed by atoms with Gasteiger partial charge in [0.15, 0.2) is 16.6 Å². The average molecular weight is 280 g/mol. The number of rotatable bonds is 4. The molecule has 0 spiro atoms. The first kappa shape index (κ1) is 13.2. The number of carbonyl (C=O) groups is 2. The highest BCUT2D eigenvalue weighted by atomic mass is 32.1. The molecule has 0 bridgehead atoms. The van der Waals surface area contributed by atoms with Crippen molar-refractivity contribution in [2.75, 3.05) is 5.32 Å². The molecule has 0 aliphatic rings. The minimum atomic E-state index is -1.29. The Morgan fingerprint density at radius 1 is 1.37 bits per heavy atom. The van der Waals surface area contributed by atoms with E-state index in [2.05, 4.69) is 10.3 Å². The SMILES string of the molecule is CC(=O)c1sc(Nc2ccccc2F)nc1C(=O)O. The fraction of sp³-hybridized carbons (Fsp3) is 0.0833. The van der Waals surface area contributed by atoms with Crippen LogP contribution in [0.4, 0.5) is 15.2 Å². The van der Waals surface area contributed by atoms with E-state index in [0.717, 1.165) is 11.3 Å². The highest BCUT2D eigenvalue weighted by Crippen LogP contribution is 2.27. The number of Topliss-reactive ketones (excluding diaryl/α,β-unsaturated/α-hetero) is 1. The number of aromatic nitrogens is 1. The van der Waals surface area contributed by atoms with Crippen LogP contribution in [0.15, 0.2) is 24.3 Å². The van der Waals surface area contributed by atoms with Crippen molar-refractivity contribution in [1.82, 2.24) is 4.98 Å². The lowest BCUT2D eigenvalue weighted by molar-refractivity contribution is 0.0687. The Balaban J connectivity index is 2.37. The van der Waals surface area contributed by atoms with Crippen molar-refractivity contribution in [2.45, 2.75) is 6.92 Å². The molecule has 0 aliphatic carbocycles. The van der Waals surface area contributed by atoms with Gasteiger partial charge in [-0.3, -0.25) is 4.79 Å². The van der Waals surface area contributed by atoms with Crippen molar-refractivity contribution in [3.05, 3.63) is 40.7 Å². The van der Waals surface area contributed by atoms with Crippen molar-refractivity contribution in [3.8, 4) is 0 Å². The number of hydrogen-bond donors (Lipinski definition) is 2. The number of halogens is 1. The van der Waals surface area contributed by atoms with Crippen LogP contribution in [0.25, 0.3) is 0 Å². The Morgan fingerprint density at radius 3 is 2.58 bits per heavy atom. The van der Waals surface area contributed by atoms with E-state index in [1.807, 2.05) is 0 Å². The summed E-state index contributed by atoms with van der Waals surface area (Å²) in [6.45, 7) is 1.26. The average Bonchev–Trinajstić information content (AvgIpc) is 2.76. The molecule has 0 atom stereocenters. The van der Waals surface area contributed by atoms with Gasteiger partial charge in [0.25, 0.3) is 0 Å². The van der Waals surface area contributed by atoms with Crippen LogP contribution in [0.5, 0.6) is 0 Å². The van der Waals surface area contributed by atoms with E-state index in [9.17, 15) is 14.0 Å². The van der Waals surface area contributed by atoms with E-state index in [0.29, 0.717) is 0 Å². The molecule has 2 N–H and O–H groups in total. The van der Waals surface area contributed by atoms with Gasteiger partial charge in [-0.05, 0) is 12.1 Å². The summed E-state index contributed by atoms with van der Waals surface area (Å²) in [5, 5.41) is 11.8. The monoisotopic (exact) mass is 280 g/mol. The molecule has 1 aromatic carbocycles. The molecule has 0 fully saturated rings. The summed E-state index contributed by atoms with van der Waals surface area (Å²) in [6, 6.07) is 5.92. The summed E-state index contributed by atoms with van der Waals surface area (Å²) in [7, 11) is 0. The van der Waals surface area contributed by atoms with Gasteiger partial charge in [-0.2, -0.15) is 0 Å². The lowest BCUT2D eigenvalue weighted by Gasteiger charge is -2.02. The molecule has 1 aromatic heterocycles. The normalized spacial score (nSPS) is 10.2. The smallest absolute Gasteiger partial charge is 0.356 e. The third-order valence-corrected chi connectivity index (χ3v) is 3.34. The number of carboxylic acids is 1. The van der Waals surface area contributed by atoms with E-state index in [1.165, 1.54) is 25.1 Å². The van der Waals surface area contributed by atoms with Crippen molar-refractivity contribution in [1.29, 1.82) is 0 Å². The van der Waals surface area contributed by atoms with Gasteiger partial charge >= 0.3 is 5.97 Å². The molecule has 0 unspecified atom stereocenters. The van der Waals surface area contributed by atoms with Gasteiger partial charge in [0.05, 0.1) is 5.69 Å². The minimum Gasteiger partial charge on any atom is -0.476 e. The quantitative estimate of drug-likeness (QED) is 0.842. The van der Waals surface area contributed by atoms with E-state index in [4.69, 9.17) is 5.11 Å². The highest BCUT2D eigenvalue weighted by Gasteiger charge is 2.20. The number of nitrogens with zero attached hydrogens (tertiary/aromatic N) is 1. The van der Waals surface area contributed by atoms with Crippen LogP contribution in [0.1, 0.15) is 27.1 Å². The molecule has 1 heterocycles. The summed E-state index contributed by atoms with van der Waals surface area (Å²) in [4.78, 5) is 26.1. The number of para-hydroxylation sites is 1. The second-order valence-electron chi connectivity index (χ2n) is 3.66. The van der Waals surface area contributed by atoms with Gasteiger partial charge in [-0.1, -0.05) is 23.5 Å². The van der Waals surface area contributed by atoms with Crippen LogP contribution in [-0.2, 0) is 0 Å². The summed E-state index contributed by atoms with van der Waals surface area (Å²) in [5.74, 6) is -2.17. The van der Waals surface area contributed by atoms with Crippen molar-refractivity contribution in [3.63, 3.8) is 0 Å². The number of anilines is 2. The fourth-order valence-corrected chi connectivity index (χ4v) is 2.30. The molecular weight excluding hydrogens is 271 g/mol. The lowest BCUT2D eigenvalue weighted by atomic mass is 10.3. The molecule has 98 valence electrons. The molecule has 0 radical (unpaired) electrons. The van der Waals surface area contributed by atoms with Crippen LogP contribution in [0, 0.1) is 5.82 Å². The molecule has 7 heteroatoms. The van der Waals surface area contributed by atoms with Gasteiger partial charge in [-0.15, -0.1) is 0 Å². The second kappa shape index (κ2) is 5.15. The first-order valence-corrected chi connectivity index (χ1v) is 6.07. The second-order valence-corrected chi connectivity index (χ2v) is 4.66. The largest absolute Gasteiger partial charge is 0.476 e. The Kier molecular flexibility index (Phi) is 3.57. The maximum absolute atomic E-state index is 13.4. The van der Waals surface area contributed by atoms with Crippen LogP contribution in [-0.4, -0.2) is 21.8 Å². The van der Waals surface area contributed by atoms with E-state index >= 15 is 0 Å². The Bertz CT molecular complexity index is 623. The van der Waals surface area contributed by atoms with Crippen LogP contribution >= 0.6 is 11.3 Å². The van der Waals surface area contributed by atoms with Gasteiger partial charge in [0.2, 0.25) is 0 Å². The number of ketones is 1.